The SMILES string of the molecule is CC(CN1CCC(NC2CC2)C1)c1ccccc1. The second-order valence-electron chi connectivity index (χ2n) is 6.00. The molecule has 1 saturated carbocycles. The Labute approximate surface area is 110 Å². The van der Waals surface area contributed by atoms with Crippen LogP contribution in [0.2, 0.25) is 0 Å². The molecular weight excluding hydrogens is 220 g/mol. The highest BCUT2D eigenvalue weighted by Gasteiger charge is 2.29. The molecule has 1 saturated heterocycles. The van der Waals surface area contributed by atoms with E-state index in [1.54, 1.807) is 0 Å². The van der Waals surface area contributed by atoms with Crippen LogP contribution in [0.15, 0.2) is 30.3 Å². The van der Waals surface area contributed by atoms with Gasteiger partial charge in [0, 0.05) is 25.2 Å². The predicted octanol–water partition coefficient (Wildman–Crippen LogP) is 2.62. The maximum atomic E-state index is 3.75. The third-order valence-corrected chi connectivity index (χ3v) is 4.22. The second kappa shape index (κ2) is 5.41. The Hall–Kier alpha value is -0.860. The van der Waals surface area contributed by atoms with E-state index in [4.69, 9.17) is 0 Å². The molecular formula is C16H24N2. The van der Waals surface area contributed by atoms with E-state index in [2.05, 4.69) is 47.5 Å². The first-order valence-electron chi connectivity index (χ1n) is 7.34. The van der Waals surface area contributed by atoms with Crippen molar-refractivity contribution in [2.24, 2.45) is 0 Å². The zero-order valence-corrected chi connectivity index (χ0v) is 11.3. The largest absolute Gasteiger partial charge is 0.310 e. The van der Waals surface area contributed by atoms with E-state index in [9.17, 15) is 0 Å². The van der Waals surface area contributed by atoms with Crippen molar-refractivity contribution >= 4 is 0 Å². The minimum Gasteiger partial charge on any atom is -0.310 e. The predicted molar refractivity (Wildman–Crippen MR) is 75.9 cm³/mol. The number of likely N-dealkylation sites (tertiary alicyclic amines) is 1. The van der Waals surface area contributed by atoms with Crippen LogP contribution < -0.4 is 5.32 Å². The maximum absolute atomic E-state index is 3.75. The lowest BCUT2D eigenvalue weighted by atomic mass is 10.0. The van der Waals surface area contributed by atoms with Gasteiger partial charge in [0.25, 0.3) is 0 Å². The minimum atomic E-state index is 0.644. The molecule has 18 heavy (non-hydrogen) atoms. The number of benzene rings is 1. The Bertz CT molecular complexity index is 372. The Morgan fingerprint density at radius 3 is 2.67 bits per heavy atom. The highest BCUT2D eigenvalue weighted by Crippen LogP contribution is 2.23. The normalized spacial score (nSPS) is 26.4. The monoisotopic (exact) mass is 244 g/mol. The quantitative estimate of drug-likeness (QED) is 0.856. The molecule has 1 heterocycles. The van der Waals surface area contributed by atoms with Crippen LogP contribution in [0.25, 0.3) is 0 Å². The van der Waals surface area contributed by atoms with Crippen LogP contribution >= 0.6 is 0 Å². The number of hydrogen-bond donors (Lipinski definition) is 1. The molecule has 98 valence electrons. The summed E-state index contributed by atoms with van der Waals surface area (Å²) in [6.45, 7) is 6.05. The van der Waals surface area contributed by atoms with Crippen molar-refractivity contribution in [3.63, 3.8) is 0 Å². The summed E-state index contributed by atoms with van der Waals surface area (Å²) in [5.41, 5.74) is 1.47. The van der Waals surface area contributed by atoms with E-state index in [0.29, 0.717) is 5.92 Å². The number of rotatable bonds is 5. The van der Waals surface area contributed by atoms with Gasteiger partial charge in [0.05, 0.1) is 0 Å². The van der Waals surface area contributed by atoms with Crippen LogP contribution in [-0.2, 0) is 0 Å². The molecule has 2 atom stereocenters. The van der Waals surface area contributed by atoms with E-state index in [0.717, 1.165) is 12.1 Å². The highest BCUT2D eigenvalue weighted by molar-refractivity contribution is 5.19. The van der Waals surface area contributed by atoms with Crippen LogP contribution in [0.3, 0.4) is 0 Å². The van der Waals surface area contributed by atoms with E-state index < -0.39 is 0 Å². The summed E-state index contributed by atoms with van der Waals surface area (Å²) >= 11 is 0. The molecule has 0 bridgehead atoms. The van der Waals surface area contributed by atoms with Crippen LogP contribution in [-0.4, -0.2) is 36.6 Å². The molecule has 2 nitrogen and oxygen atoms in total. The summed E-state index contributed by atoms with van der Waals surface area (Å²) in [6, 6.07) is 12.5. The van der Waals surface area contributed by atoms with E-state index >= 15 is 0 Å². The number of nitrogens with one attached hydrogen (secondary N) is 1. The van der Waals surface area contributed by atoms with Crippen molar-refractivity contribution in [3.8, 4) is 0 Å². The summed E-state index contributed by atoms with van der Waals surface area (Å²) in [5, 5.41) is 3.75. The van der Waals surface area contributed by atoms with Gasteiger partial charge in [-0.3, -0.25) is 0 Å². The molecule has 1 aliphatic carbocycles. The molecule has 0 amide bonds. The molecule has 1 aromatic rings. The summed E-state index contributed by atoms with van der Waals surface area (Å²) in [4.78, 5) is 2.62. The lowest BCUT2D eigenvalue weighted by Crippen LogP contribution is -2.34. The van der Waals surface area contributed by atoms with Gasteiger partial charge in [0.1, 0.15) is 0 Å². The molecule has 3 rings (SSSR count). The molecule has 1 aliphatic heterocycles. The summed E-state index contributed by atoms with van der Waals surface area (Å²) in [5.74, 6) is 0.644. The van der Waals surface area contributed by atoms with E-state index in [-0.39, 0.29) is 0 Å². The summed E-state index contributed by atoms with van der Waals surface area (Å²) in [7, 11) is 0. The van der Waals surface area contributed by atoms with Crippen molar-refractivity contribution in [1.82, 2.24) is 10.2 Å². The molecule has 1 aromatic carbocycles. The molecule has 2 aliphatic rings. The van der Waals surface area contributed by atoms with Gasteiger partial charge in [-0.1, -0.05) is 37.3 Å². The Balaban J connectivity index is 1.48. The first-order chi connectivity index (χ1) is 8.81. The third-order valence-electron chi connectivity index (χ3n) is 4.22. The fourth-order valence-electron chi connectivity index (χ4n) is 2.99. The fourth-order valence-corrected chi connectivity index (χ4v) is 2.99. The number of hydrogen-bond acceptors (Lipinski definition) is 2. The first-order valence-corrected chi connectivity index (χ1v) is 7.34. The average Bonchev–Trinajstić information content (AvgIpc) is 3.10. The zero-order chi connectivity index (χ0) is 12.4. The van der Waals surface area contributed by atoms with Crippen molar-refractivity contribution in [2.45, 2.75) is 44.2 Å². The van der Waals surface area contributed by atoms with Crippen LogP contribution in [0.1, 0.15) is 37.7 Å². The molecule has 1 N–H and O–H groups in total. The van der Waals surface area contributed by atoms with Gasteiger partial charge in [-0.25, -0.2) is 0 Å². The second-order valence-corrected chi connectivity index (χ2v) is 6.00. The first kappa shape index (κ1) is 12.2. The van der Waals surface area contributed by atoms with Crippen molar-refractivity contribution in [2.75, 3.05) is 19.6 Å². The van der Waals surface area contributed by atoms with Crippen LogP contribution in [0.4, 0.5) is 0 Å². The molecule has 0 aromatic heterocycles. The summed E-state index contributed by atoms with van der Waals surface area (Å²) in [6.07, 6.45) is 4.13. The number of nitrogens with zero attached hydrogens (tertiary/aromatic N) is 1. The van der Waals surface area contributed by atoms with Gasteiger partial charge in [-0.2, -0.15) is 0 Å². The molecule has 2 fully saturated rings. The highest BCUT2D eigenvalue weighted by atomic mass is 15.2. The van der Waals surface area contributed by atoms with Gasteiger partial charge in [-0.15, -0.1) is 0 Å². The van der Waals surface area contributed by atoms with Gasteiger partial charge in [-0.05, 0) is 37.3 Å². The smallest absolute Gasteiger partial charge is 0.0209 e. The zero-order valence-electron chi connectivity index (χ0n) is 11.3. The van der Waals surface area contributed by atoms with Gasteiger partial charge in [0.2, 0.25) is 0 Å². The summed E-state index contributed by atoms with van der Waals surface area (Å²) < 4.78 is 0. The standard InChI is InChI=1S/C16H24N2/c1-13(14-5-3-2-4-6-14)11-18-10-9-16(12-18)17-15-7-8-15/h2-6,13,15-17H,7-12H2,1H3. The lowest BCUT2D eigenvalue weighted by molar-refractivity contribution is 0.310. The van der Waals surface area contributed by atoms with Crippen LogP contribution in [0, 0.1) is 0 Å². The van der Waals surface area contributed by atoms with Crippen LogP contribution in [0.5, 0.6) is 0 Å². The van der Waals surface area contributed by atoms with Crippen molar-refractivity contribution in [3.05, 3.63) is 35.9 Å². The molecule has 0 spiro atoms. The average molecular weight is 244 g/mol. The van der Waals surface area contributed by atoms with Crippen molar-refractivity contribution in [1.29, 1.82) is 0 Å². The van der Waals surface area contributed by atoms with Gasteiger partial charge >= 0.3 is 0 Å². The molecule has 0 radical (unpaired) electrons. The molecule has 2 unspecified atom stereocenters. The van der Waals surface area contributed by atoms with Crippen molar-refractivity contribution < 1.29 is 0 Å². The van der Waals surface area contributed by atoms with E-state index in [1.165, 1.54) is 44.5 Å². The maximum Gasteiger partial charge on any atom is 0.0209 e. The molecule has 2 heteroatoms. The Morgan fingerprint density at radius 2 is 1.94 bits per heavy atom. The Morgan fingerprint density at radius 1 is 1.17 bits per heavy atom. The lowest BCUT2D eigenvalue weighted by Gasteiger charge is -2.21. The fraction of sp³-hybridized carbons (Fsp3) is 0.625. The van der Waals surface area contributed by atoms with Gasteiger partial charge in [0.15, 0.2) is 0 Å². The minimum absolute atomic E-state index is 0.644. The topological polar surface area (TPSA) is 15.3 Å². The Kier molecular flexibility index (Phi) is 3.67. The van der Waals surface area contributed by atoms with Gasteiger partial charge < -0.3 is 10.2 Å². The van der Waals surface area contributed by atoms with E-state index in [1.807, 2.05) is 0 Å². The third kappa shape index (κ3) is 3.12.